The average molecular weight is 263 g/mol. The molecule has 3 nitrogen and oxygen atoms in total. The van der Waals surface area contributed by atoms with E-state index in [-0.39, 0.29) is 5.95 Å². The molecule has 0 radical (unpaired) electrons. The van der Waals surface area contributed by atoms with Crippen LogP contribution < -0.4 is 5.73 Å². The van der Waals surface area contributed by atoms with Crippen molar-refractivity contribution >= 4 is 17.7 Å². The first kappa shape index (κ1) is 12.5. The van der Waals surface area contributed by atoms with Crippen molar-refractivity contribution in [1.82, 2.24) is 9.97 Å². The summed E-state index contributed by atoms with van der Waals surface area (Å²) in [5.74, 6) is -0.319. The normalized spacial score (nSPS) is 17.6. The molecule has 2 rings (SSSR count). The number of nitrogens with zero attached hydrogens (tertiary/aromatic N) is 2. The second-order valence-electron chi connectivity index (χ2n) is 3.97. The van der Waals surface area contributed by atoms with Gasteiger partial charge in [0.15, 0.2) is 5.69 Å². The number of halogens is 3. The lowest BCUT2D eigenvalue weighted by Crippen LogP contribution is -2.11. The fourth-order valence-corrected chi connectivity index (χ4v) is 3.06. The van der Waals surface area contributed by atoms with E-state index in [9.17, 15) is 13.2 Å². The summed E-state index contributed by atoms with van der Waals surface area (Å²) in [6, 6.07) is 0.972. The highest BCUT2D eigenvalue weighted by Crippen LogP contribution is 2.36. The summed E-state index contributed by atoms with van der Waals surface area (Å²) in [7, 11) is 0. The van der Waals surface area contributed by atoms with Gasteiger partial charge in [-0.05, 0) is 12.8 Å². The van der Waals surface area contributed by atoms with Crippen molar-refractivity contribution in [3.8, 4) is 0 Å². The topological polar surface area (TPSA) is 51.8 Å². The van der Waals surface area contributed by atoms with Crippen molar-refractivity contribution in [3.63, 3.8) is 0 Å². The maximum Gasteiger partial charge on any atom is 0.433 e. The average Bonchev–Trinajstić information content (AvgIpc) is 2.68. The zero-order chi connectivity index (χ0) is 12.5. The largest absolute Gasteiger partial charge is 0.433 e. The summed E-state index contributed by atoms with van der Waals surface area (Å²) in [6.45, 7) is 0. The van der Waals surface area contributed by atoms with E-state index < -0.39 is 11.9 Å². The number of aromatic nitrogens is 2. The molecule has 1 aromatic heterocycles. The first-order valence-electron chi connectivity index (χ1n) is 5.33. The number of nitrogens with two attached hydrogens (primary N) is 1. The molecule has 0 aromatic carbocycles. The van der Waals surface area contributed by atoms with E-state index >= 15 is 0 Å². The highest BCUT2D eigenvalue weighted by atomic mass is 32.2. The van der Waals surface area contributed by atoms with E-state index in [4.69, 9.17) is 5.73 Å². The predicted molar refractivity (Wildman–Crippen MR) is 59.6 cm³/mol. The minimum atomic E-state index is -4.47. The Morgan fingerprint density at radius 2 is 1.88 bits per heavy atom. The maximum atomic E-state index is 12.5. The number of hydrogen-bond acceptors (Lipinski definition) is 4. The van der Waals surface area contributed by atoms with Crippen molar-refractivity contribution in [2.24, 2.45) is 0 Å². The number of thioether (sulfide) groups is 1. The van der Waals surface area contributed by atoms with Crippen molar-refractivity contribution < 1.29 is 13.2 Å². The van der Waals surface area contributed by atoms with Crippen LogP contribution in [0.15, 0.2) is 11.1 Å². The van der Waals surface area contributed by atoms with Crippen LogP contribution in [-0.4, -0.2) is 15.2 Å². The van der Waals surface area contributed by atoms with E-state index in [1.165, 1.54) is 11.8 Å². The number of nitrogen functional groups attached to an aromatic ring is 1. The van der Waals surface area contributed by atoms with Crippen LogP contribution in [0.25, 0.3) is 0 Å². The van der Waals surface area contributed by atoms with Crippen LogP contribution in [0, 0.1) is 0 Å². The van der Waals surface area contributed by atoms with Gasteiger partial charge in [-0.3, -0.25) is 0 Å². The molecule has 0 amide bonds. The second-order valence-corrected chi connectivity index (χ2v) is 5.29. The van der Waals surface area contributed by atoms with Crippen molar-refractivity contribution in [2.75, 3.05) is 5.73 Å². The molecule has 7 heteroatoms. The molecule has 94 valence electrons. The predicted octanol–water partition coefficient (Wildman–Crippen LogP) is 3.11. The van der Waals surface area contributed by atoms with Gasteiger partial charge < -0.3 is 5.73 Å². The molecule has 2 N–H and O–H groups in total. The first-order chi connectivity index (χ1) is 7.95. The minimum Gasteiger partial charge on any atom is -0.368 e. The smallest absolute Gasteiger partial charge is 0.368 e. The van der Waals surface area contributed by atoms with Crippen molar-refractivity contribution in [3.05, 3.63) is 11.8 Å². The Hall–Kier alpha value is -0.980. The summed E-state index contributed by atoms with van der Waals surface area (Å²) < 4.78 is 37.5. The highest BCUT2D eigenvalue weighted by molar-refractivity contribution is 7.99. The maximum absolute atomic E-state index is 12.5. The van der Waals surface area contributed by atoms with E-state index in [2.05, 4.69) is 9.97 Å². The van der Waals surface area contributed by atoms with Gasteiger partial charge in [-0.2, -0.15) is 13.2 Å². The molecule has 0 bridgehead atoms. The molecule has 1 aliphatic rings. The minimum absolute atomic E-state index is 0.316. The van der Waals surface area contributed by atoms with Crippen LogP contribution in [0.4, 0.5) is 19.1 Å². The lowest BCUT2D eigenvalue weighted by atomic mass is 10.4. The molecule has 1 aliphatic carbocycles. The Morgan fingerprint density at radius 3 is 2.47 bits per heavy atom. The lowest BCUT2D eigenvalue weighted by Gasteiger charge is -2.11. The second kappa shape index (κ2) is 4.72. The van der Waals surface area contributed by atoms with Gasteiger partial charge in [0.05, 0.1) is 0 Å². The van der Waals surface area contributed by atoms with Gasteiger partial charge in [0.1, 0.15) is 5.03 Å². The van der Waals surface area contributed by atoms with Gasteiger partial charge in [-0.15, -0.1) is 11.8 Å². The first-order valence-corrected chi connectivity index (χ1v) is 6.21. The summed E-state index contributed by atoms with van der Waals surface area (Å²) in [5, 5.41) is 0.669. The third kappa shape index (κ3) is 3.24. The molecule has 0 atom stereocenters. The Morgan fingerprint density at radius 1 is 1.24 bits per heavy atom. The molecule has 17 heavy (non-hydrogen) atoms. The standard InChI is InChI=1S/C10H12F3N3S/c11-10(12,13)7-5-8(16-9(14)15-7)17-6-3-1-2-4-6/h5-6H,1-4H2,(H2,14,15,16). The fourth-order valence-electron chi connectivity index (χ4n) is 1.83. The van der Waals surface area contributed by atoms with Gasteiger partial charge in [-0.25, -0.2) is 9.97 Å². The Labute approximate surface area is 101 Å². The SMILES string of the molecule is Nc1nc(SC2CCCC2)cc(C(F)(F)F)n1. The Kier molecular flexibility index (Phi) is 3.46. The van der Waals surface area contributed by atoms with Gasteiger partial charge in [0, 0.05) is 11.3 Å². The summed E-state index contributed by atoms with van der Waals surface area (Å²) in [6.07, 6.45) is -0.164. The Balaban J connectivity index is 2.19. The van der Waals surface area contributed by atoms with Crippen molar-refractivity contribution in [1.29, 1.82) is 0 Å². The van der Waals surface area contributed by atoms with Crippen LogP contribution in [0.2, 0.25) is 0 Å². The van der Waals surface area contributed by atoms with Crippen LogP contribution in [0.3, 0.4) is 0 Å². The van der Waals surface area contributed by atoms with Crippen LogP contribution in [0.5, 0.6) is 0 Å². The van der Waals surface area contributed by atoms with Crippen LogP contribution in [0.1, 0.15) is 31.4 Å². The number of rotatable bonds is 2. The molecule has 0 unspecified atom stereocenters. The van der Waals surface area contributed by atoms with Crippen molar-refractivity contribution in [2.45, 2.75) is 42.1 Å². The molecular formula is C10H12F3N3S. The van der Waals surface area contributed by atoms with Crippen LogP contribution in [-0.2, 0) is 6.18 Å². The molecule has 1 heterocycles. The quantitative estimate of drug-likeness (QED) is 0.833. The molecule has 1 fully saturated rings. The van der Waals surface area contributed by atoms with Gasteiger partial charge in [-0.1, -0.05) is 12.8 Å². The monoisotopic (exact) mass is 263 g/mol. The van der Waals surface area contributed by atoms with Gasteiger partial charge >= 0.3 is 6.18 Å². The van der Waals surface area contributed by atoms with E-state index in [1.54, 1.807) is 0 Å². The van der Waals surface area contributed by atoms with E-state index in [0.29, 0.717) is 10.3 Å². The molecule has 0 spiro atoms. The fraction of sp³-hybridized carbons (Fsp3) is 0.600. The number of hydrogen-bond donors (Lipinski definition) is 1. The zero-order valence-electron chi connectivity index (χ0n) is 9.00. The third-order valence-corrected chi connectivity index (χ3v) is 3.86. The zero-order valence-corrected chi connectivity index (χ0v) is 9.81. The number of anilines is 1. The third-order valence-electron chi connectivity index (χ3n) is 2.60. The van der Waals surface area contributed by atoms with E-state index in [1.807, 2.05) is 0 Å². The molecule has 1 saturated carbocycles. The molecule has 1 aromatic rings. The number of alkyl halides is 3. The van der Waals surface area contributed by atoms with E-state index in [0.717, 1.165) is 31.7 Å². The van der Waals surface area contributed by atoms with Gasteiger partial charge in [0.2, 0.25) is 5.95 Å². The summed E-state index contributed by atoms with van der Waals surface area (Å²) in [5.41, 5.74) is 4.33. The lowest BCUT2D eigenvalue weighted by molar-refractivity contribution is -0.141. The molecular weight excluding hydrogens is 251 g/mol. The van der Waals surface area contributed by atoms with Crippen LogP contribution >= 0.6 is 11.8 Å². The summed E-state index contributed by atoms with van der Waals surface area (Å²) >= 11 is 1.36. The highest BCUT2D eigenvalue weighted by Gasteiger charge is 2.33. The molecule has 0 saturated heterocycles. The molecule has 0 aliphatic heterocycles. The Bertz CT molecular complexity index is 402. The van der Waals surface area contributed by atoms with Gasteiger partial charge in [0.25, 0.3) is 0 Å². The summed E-state index contributed by atoms with van der Waals surface area (Å²) in [4.78, 5) is 7.05.